The van der Waals surface area contributed by atoms with Gasteiger partial charge in [-0.3, -0.25) is 4.40 Å². The minimum Gasteiger partial charge on any atom is -0.491 e. The fourth-order valence-electron chi connectivity index (χ4n) is 3.48. The Bertz CT molecular complexity index is 1380. The number of benzene rings is 1. The highest BCUT2D eigenvalue weighted by Gasteiger charge is 2.10. The first-order valence-electron chi connectivity index (χ1n) is 10.5. The topological polar surface area (TPSA) is 111 Å². The van der Waals surface area contributed by atoms with E-state index in [-0.39, 0.29) is 13.2 Å². The van der Waals surface area contributed by atoms with E-state index in [4.69, 9.17) is 14.3 Å². The quantitative estimate of drug-likeness (QED) is 0.374. The van der Waals surface area contributed by atoms with Crippen LogP contribution in [0, 0.1) is 6.92 Å². The monoisotopic (exact) mass is 442 g/mol. The number of pyridine rings is 1. The second-order valence-electron chi connectivity index (χ2n) is 7.40. The molecule has 0 saturated heterocycles. The number of aryl methyl sites for hydroxylation is 1. The highest BCUT2D eigenvalue weighted by Crippen LogP contribution is 2.24. The van der Waals surface area contributed by atoms with Crippen molar-refractivity contribution in [1.29, 1.82) is 0 Å². The van der Waals surface area contributed by atoms with Gasteiger partial charge in [-0.15, -0.1) is 0 Å². The molecule has 4 aromatic heterocycles. The number of aliphatic hydroxyl groups excluding tert-OH is 1. The molecule has 0 radical (unpaired) electrons. The molecule has 0 atom stereocenters. The van der Waals surface area contributed by atoms with Crippen LogP contribution in [-0.4, -0.2) is 42.7 Å². The molecule has 0 fully saturated rings. The number of aromatic nitrogens is 5. The lowest BCUT2D eigenvalue weighted by atomic mass is 10.1. The van der Waals surface area contributed by atoms with Crippen LogP contribution < -0.4 is 10.1 Å². The van der Waals surface area contributed by atoms with Gasteiger partial charge in [0.05, 0.1) is 24.2 Å². The fraction of sp³-hybridized carbons (Fsp3) is 0.167. The number of imidazole rings is 1. The number of aliphatic hydroxyl groups is 1. The first-order valence-corrected chi connectivity index (χ1v) is 10.5. The second-order valence-corrected chi connectivity index (χ2v) is 7.40. The van der Waals surface area contributed by atoms with Gasteiger partial charge in [0.2, 0.25) is 0 Å². The molecule has 33 heavy (non-hydrogen) atoms. The van der Waals surface area contributed by atoms with Gasteiger partial charge in [0.15, 0.2) is 5.89 Å². The van der Waals surface area contributed by atoms with E-state index < -0.39 is 0 Å². The van der Waals surface area contributed by atoms with Gasteiger partial charge >= 0.3 is 0 Å². The number of nitrogens with one attached hydrogen (secondary N) is 1. The Morgan fingerprint density at radius 1 is 1.06 bits per heavy atom. The Hall–Kier alpha value is -4.24. The Labute approximate surface area is 189 Å². The molecular formula is C24H22N6O3. The zero-order valence-electron chi connectivity index (χ0n) is 18.0. The van der Waals surface area contributed by atoms with E-state index in [2.05, 4.69) is 37.4 Å². The number of nitrogens with zero attached hydrogens (tertiary/aromatic N) is 5. The first-order chi connectivity index (χ1) is 16.2. The van der Waals surface area contributed by atoms with E-state index in [1.165, 1.54) is 6.33 Å². The number of anilines is 1. The van der Waals surface area contributed by atoms with E-state index in [9.17, 15) is 0 Å². The minimum atomic E-state index is -0.0347. The lowest BCUT2D eigenvalue weighted by Crippen LogP contribution is -2.03. The van der Waals surface area contributed by atoms with Crippen molar-refractivity contribution < 1.29 is 14.3 Å². The molecule has 2 N–H and O–H groups in total. The van der Waals surface area contributed by atoms with Gasteiger partial charge in [-0.1, -0.05) is 24.3 Å². The molecule has 0 saturated carbocycles. The van der Waals surface area contributed by atoms with Crippen LogP contribution in [0.4, 0.5) is 5.82 Å². The molecule has 5 rings (SSSR count). The van der Waals surface area contributed by atoms with Crippen LogP contribution in [-0.2, 0) is 6.54 Å². The summed E-state index contributed by atoms with van der Waals surface area (Å²) in [5.41, 5.74) is 5.28. The van der Waals surface area contributed by atoms with Crippen molar-refractivity contribution in [3.63, 3.8) is 0 Å². The van der Waals surface area contributed by atoms with Crippen molar-refractivity contribution in [3.8, 4) is 28.4 Å². The average Bonchev–Trinajstić information content (AvgIpc) is 3.48. The minimum absolute atomic E-state index is 0.0347. The Balaban J connectivity index is 1.29. The molecule has 166 valence electrons. The van der Waals surface area contributed by atoms with E-state index in [1.54, 1.807) is 12.5 Å². The predicted molar refractivity (Wildman–Crippen MR) is 123 cm³/mol. The van der Waals surface area contributed by atoms with Crippen molar-refractivity contribution in [2.24, 2.45) is 0 Å². The SMILES string of the molecule is Cc1nc(-c2ccc(CNc3cc(-c4cnc5cc(OCCO)ccn45)ncn3)cc2)co1. The summed E-state index contributed by atoms with van der Waals surface area (Å²) < 4.78 is 12.7. The second kappa shape index (κ2) is 9.09. The summed E-state index contributed by atoms with van der Waals surface area (Å²) in [5.74, 6) is 2.02. The Morgan fingerprint density at radius 2 is 1.94 bits per heavy atom. The number of fused-ring (bicyclic) bond motifs is 1. The normalized spacial score (nSPS) is 11.1. The zero-order chi connectivity index (χ0) is 22.6. The smallest absolute Gasteiger partial charge is 0.191 e. The molecule has 4 heterocycles. The standard InChI is InChI=1S/C24H22N6O3/c1-16-29-21(14-33-16)18-4-2-17(3-5-18)12-25-23-11-20(27-15-28-23)22-13-26-24-10-19(32-9-8-31)6-7-30(22)24/h2-7,10-11,13-15,31H,8-9,12H2,1H3,(H,25,27,28). The maximum Gasteiger partial charge on any atom is 0.191 e. The van der Waals surface area contributed by atoms with Crippen LogP contribution >= 0.6 is 0 Å². The van der Waals surface area contributed by atoms with E-state index >= 15 is 0 Å². The van der Waals surface area contributed by atoms with Gasteiger partial charge in [0, 0.05) is 37.4 Å². The van der Waals surface area contributed by atoms with Crippen molar-refractivity contribution in [1.82, 2.24) is 24.3 Å². The van der Waals surface area contributed by atoms with E-state index in [0.717, 1.165) is 33.9 Å². The number of ether oxygens (including phenoxy) is 1. The Morgan fingerprint density at radius 3 is 2.73 bits per heavy atom. The van der Waals surface area contributed by atoms with E-state index in [0.29, 0.717) is 24.0 Å². The molecule has 0 unspecified atom stereocenters. The average molecular weight is 442 g/mol. The molecule has 9 heteroatoms. The maximum atomic E-state index is 8.92. The van der Waals surface area contributed by atoms with Gasteiger partial charge in [0.25, 0.3) is 0 Å². The highest BCUT2D eigenvalue weighted by atomic mass is 16.5. The molecule has 0 aliphatic heterocycles. The highest BCUT2D eigenvalue weighted by molar-refractivity contribution is 5.63. The van der Waals surface area contributed by atoms with Crippen LogP contribution in [0.2, 0.25) is 0 Å². The first kappa shape index (κ1) is 20.7. The lowest BCUT2D eigenvalue weighted by Gasteiger charge is -2.08. The predicted octanol–water partition coefficient (Wildman–Crippen LogP) is 3.74. The van der Waals surface area contributed by atoms with Gasteiger partial charge in [-0.25, -0.2) is 19.9 Å². The van der Waals surface area contributed by atoms with Crippen LogP contribution in [0.15, 0.2) is 71.9 Å². The molecule has 9 nitrogen and oxygen atoms in total. The van der Waals surface area contributed by atoms with Crippen molar-refractivity contribution in [2.45, 2.75) is 13.5 Å². The van der Waals surface area contributed by atoms with Crippen LogP contribution in [0.3, 0.4) is 0 Å². The Kier molecular flexibility index (Phi) is 5.69. The van der Waals surface area contributed by atoms with Crippen molar-refractivity contribution >= 4 is 11.5 Å². The lowest BCUT2D eigenvalue weighted by molar-refractivity contribution is 0.201. The summed E-state index contributed by atoms with van der Waals surface area (Å²) in [6.07, 6.45) is 6.83. The summed E-state index contributed by atoms with van der Waals surface area (Å²) in [5, 5.41) is 12.3. The summed E-state index contributed by atoms with van der Waals surface area (Å²) in [4.78, 5) is 17.6. The molecule has 0 aliphatic rings. The largest absolute Gasteiger partial charge is 0.491 e. The summed E-state index contributed by atoms with van der Waals surface area (Å²) >= 11 is 0. The van der Waals surface area contributed by atoms with Gasteiger partial charge < -0.3 is 19.6 Å². The van der Waals surface area contributed by atoms with Crippen molar-refractivity contribution in [2.75, 3.05) is 18.5 Å². The molecule has 0 aliphatic carbocycles. The number of hydrogen-bond acceptors (Lipinski definition) is 8. The third kappa shape index (κ3) is 4.53. The van der Waals surface area contributed by atoms with Gasteiger partial charge in [-0.05, 0) is 11.6 Å². The maximum absolute atomic E-state index is 8.92. The molecule has 0 spiro atoms. The third-order valence-corrected chi connectivity index (χ3v) is 5.12. The third-order valence-electron chi connectivity index (χ3n) is 5.12. The molecule has 1 aromatic carbocycles. The van der Waals surface area contributed by atoms with Crippen molar-refractivity contribution in [3.05, 3.63) is 78.9 Å². The fourth-order valence-corrected chi connectivity index (χ4v) is 3.48. The summed E-state index contributed by atoms with van der Waals surface area (Å²) in [6, 6.07) is 13.7. The summed E-state index contributed by atoms with van der Waals surface area (Å²) in [6.45, 7) is 2.66. The van der Waals surface area contributed by atoms with E-state index in [1.807, 2.05) is 47.9 Å². The zero-order valence-corrected chi connectivity index (χ0v) is 18.0. The van der Waals surface area contributed by atoms with Gasteiger partial charge in [0.1, 0.15) is 42.1 Å². The molecule has 0 bridgehead atoms. The molecule has 5 aromatic rings. The summed E-state index contributed by atoms with van der Waals surface area (Å²) in [7, 11) is 0. The number of hydrogen-bond donors (Lipinski definition) is 2. The number of oxazole rings is 1. The molecule has 0 amide bonds. The van der Waals surface area contributed by atoms with Gasteiger partial charge in [-0.2, -0.15) is 0 Å². The van der Waals surface area contributed by atoms with Crippen LogP contribution in [0.25, 0.3) is 28.3 Å². The number of rotatable bonds is 8. The molecular weight excluding hydrogens is 420 g/mol. The van der Waals surface area contributed by atoms with Crippen LogP contribution in [0.1, 0.15) is 11.5 Å². The van der Waals surface area contributed by atoms with Crippen LogP contribution in [0.5, 0.6) is 5.75 Å².